The number of pyridine rings is 1. The molecule has 1 fully saturated rings. The molecule has 15 heavy (non-hydrogen) atoms. The number of rotatable bonds is 4. The summed E-state index contributed by atoms with van der Waals surface area (Å²) in [4.78, 5) is 4.12. The van der Waals surface area contributed by atoms with Crippen molar-refractivity contribution >= 4 is 0 Å². The van der Waals surface area contributed by atoms with Gasteiger partial charge in [-0.05, 0) is 19.1 Å². The van der Waals surface area contributed by atoms with E-state index in [9.17, 15) is 0 Å². The lowest BCUT2D eigenvalue weighted by Gasteiger charge is -2.39. The van der Waals surface area contributed by atoms with E-state index in [1.165, 1.54) is 0 Å². The lowest BCUT2D eigenvalue weighted by Crippen LogP contribution is -2.58. The smallest absolute Gasteiger partial charge is 0.218 e. The topological polar surface area (TPSA) is 43.4 Å². The van der Waals surface area contributed by atoms with E-state index in [0.29, 0.717) is 12.5 Å². The zero-order valence-electron chi connectivity index (χ0n) is 9.12. The molecule has 82 valence electrons. The van der Waals surface area contributed by atoms with Crippen molar-refractivity contribution in [3.05, 3.63) is 23.9 Å². The molecule has 0 atom stereocenters. The molecule has 0 radical (unpaired) electrons. The highest BCUT2D eigenvalue weighted by Gasteiger charge is 2.32. The van der Waals surface area contributed by atoms with E-state index < -0.39 is 0 Å². The van der Waals surface area contributed by atoms with Crippen LogP contribution in [0.2, 0.25) is 0 Å². The van der Waals surface area contributed by atoms with Crippen LogP contribution in [-0.4, -0.2) is 30.8 Å². The predicted molar refractivity (Wildman–Crippen MR) is 56.9 cm³/mol. The van der Waals surface area contributed by atoms with Crippen molar-refractivity contribution < 1.29 is 9.47 Å². The molecule has 0 aromatic carbocycles. The fraction of sp³-hybridized carbons (Fsp3) is 0.545. The van der Waals surface area contributed by atoms with Crippen LogP contribution in [0.25, 0.3) is 0 Å². The Hall–Kier alpha value is -1.13. The maximum absolute atomic E-state index is 5.81. The Morgan fingerprint density at radius 1 is 1.53 bits per heavy atom. The summed E-state index contributed by atoms with van der Waals surface area (Å²) >= 11 is 0. The molecule has 1 saturated heterocycles. The number of hydrogen-bond acceptors (Lipinski definition) is 4. The van der Waals surface area contributed by atoms with Gasteiger partial charge in [0.05, 0.1) is 19.3 Å². The van der Waals surface area contributed by atoms with Crippen molar-refractivity contribution in [2.45, 2.75) is 19.1 Å². The molecule has 4 nitrogen and oxygen atoms in total. The molecule has 0 unspecified atom stereocenters. The number of nitrogens with one attached hydrogen (secondary N) is 1. The fourth-order valence-corrected chi connectivity index (χ4v) is 1.55. The van der Waals surface area contributed by atoms with Gasteiger partial charge in [-0.25, -0.2) is 4.98 Å². The Balaban J connectivity index is 1.98. The largest absolute Gasteiger partial charge is 0.481 e. The molecule has 2 heterocycles. The third-order valence-electron chi connectivity index (χ3n) is 2.62. The minimum Gasteiger partial charge on any atom is -0.481 e. The normalized spacial score (nSPS) is 18.3. The van der Waals surface area contributed by atoms with E-state index in [2.05, 4.69) is 17.2 Å². The summed E-state index contributed by atoms with van der Waals surface area (Å²) in [5, 5.41) is 3.19. The molecular formula is C11H16N2O2. The zero-order chi connectivity index (χ0) is 10.7. The molecule has 0 amide bonds. The van der Waals surface area contributed by atoms with E-state index in [4.69, 9.17) is 9.47 Å². The van der Waals surface area contributed by atoms with E-state index in [0.717, 1.165) is 18.7 Å². The Morgan fingerprint density at radius 3 is 2.93 bits per heavy atom. The number of methoxy groups -OCH3 is 1. The summed E-state index contributed by atoms with van der Waals surface area (Å²) in [5.41, 5.74) is 0.967. The van der Waals surface area contributed by atoms with Crippen molar-refractivity contribution in [1.82, 2.24) is 10.3 Å². The minimum absolute atomic E-state index is 0.0269. The monoisotopic (exact) mass is 208 g/mol. The van der Waals surface area contributed by atoms with Gasteiger partial charge in [-0.1, -0.05) is 0 Å². The molecular weight excluding hydrogens is 192 g/mol. The highest BCUT2D eigenvalue weighted by atomic mass is 16.5. The van der Waals surface area contributed by atoms with Crippen molar-refractivity contribution in [3.8, 4) is 5.88 Å². The summed E-state index contributed by atoms with van der Waals surface area (Å²) in [6.07, 6.45) is 1.72. The average molecular weight is 208 g/mol. The van der Waals surface area contributed by atoms with Gasteiger partial charge in [0.15, 0.2) is 0 Å². The van der Waals surface area contributed by atoms with E-state index >= 15 is 0 Å². The van der Waals surface area contributed by atoms with E-state index in [1.54, 1.807) is 13.3 Å². The first-order valence-corrected chi connectivity index (χ1v) is 5.06. The highest BCUT2D eigenvalue weighted by molar-refractivity contribution is 5.24. The van der Waals surface area contributed by atoms with Crippen LogP contribution in [0, 0.1) is 0 Å². The van der Waals surface area contributed by atoms with Crippen LogP contribution in [0.3, 0.4) is 0 Å². The number of aromatic nitrogens is 1. The second kappa shape index (κ2) is 4.16. The van der Waals surface area contributed by atoms with Crippen molar-refractivity contribution in [2.75, 3.05) is 20.2 Å². The predicted octanol–water partition coefficient (Wildman–Crippen LogP) is 0.969. The van der Waals surface area contributed by atoms with Crippen LogP contribution in [0.15, 0.2) is 18.3 Å². The van der Waals surface area contributed by atoms with Crippen LogP contribution < -0.4 is 10.1 Å². The minimum atomic E-state index is -0.0269. The van der Waals surface area contributed by atoms with Gasteiger partial charge in [0.25, 0.3) is 0 Å². The van der Waals surface area contributed by atoms with Gasteiger partial charge >= 0.3 is 0 Å². The van der Waals surface area contributed by atoms with E-state index in [1.807, 2.05) is 12.1 Å². The van der Waals surface area contributed by atoms with Gasteiger partial charge in [-0.15, -0.1) is 0 Å². The van der Waals surface area contributed by atoms with Crippen molar-refractivity contribution in [2.24, 2.45) is 0 Å². The first kappa shape index (κ1) is 10.4. The van der Waals surface area contributed by atoms with Crippen LogP contribution in [0.4, 0.5) is 0 Å². The fourth-order valence-electron chi connectivity index (χ4n) is 1.55. The average Bonchev–Trinajstić information content (AvgIpc) is 2.24. The lowest BCUT2D eigenvalue weighted by atomic mass is 10.00. The second-order valence-corrected chi connectivity index (χ2v) is 4.01. The van der Waals surface area contributed by atoms with Crippen LogP contribution in [0.5, 0.6) is 5.88 Å². The van der Waals surface area contributed by atoms with Gasteiger partial charge in [0.1, 0.15) is 0 Å². The second-order valence-electron chi connectivity index (χ2n) is 4.01. The SMILES string of the molecule is COc1ncccc1COC1(C)CNC1. The summed E-state index contributed by atoms with van der Waals surface area (Å²) in [5.74, 6) is 0.647. The van der Waals surface area contributed by atoms with Gasteiger partial charge < -0.3 is 14.8 Å². The van der Waals surface area contributed by atoms with Gasteiger partial charge in [0, 0.05) is 24.8 Å². The third-order valence-corrected chi connectivity index (χ3v) is 2.62. The Labute approximate surface area is 89.6 Å². The Morgan fingerprint density at radius 2 is 2.33 bits per heavy atom. The standard InChI is InChI=1S/C11H16N2O2/c1-11(7-12-8-11)15-6-9-4-3-5-13-10(9)14-2/h3-5,12H,6-8H2,1-2H3. The molecule has 0 spiro atoms. The Bertz CT molecular complexity index is 337. The maximum Gasteiger partial charge on any atom is 0.218 e. The van der Waals surface area contributed by atoms with Crippen molar-refractivity contribution in [1.29, 1.82) is 0 Å². The molecule has 2 rings (SSSR count). The lowest BCUT2D eigenvalue weighted by molar-refractivity contribution is -0.0772. The highest BCUT2D eigenvalue weighted by Crippen LogP contribution is 2.21. The van der Waals surface area contributed by atoms with Crippen LogP contribution >= 0.6 is 0 Å². The molecule has 1 aliphatic rings. The number of hydrogen-bond donors (Lipinski definition) is 1. The van der Waals surface area contributed by atoms with Crippen molar-refractivity contribution in [3.63, 3.8) is 0 Å². The molecule has 0 bridgehead atoms. The summed E-state index contributed by atoms with van der Waals surface area (Å²) in [7, 11) is 1.62. The molecule has 0 saturated carbocycles. The number of ether oxygens (including phenoxy) is 2. The van der Waals surface area contributed by atoms with Crippen LogP contribution in [0.1, 0.15) is 12.5 Å². The summed E-state index contributed by atoms with van der Waals surface area (Å²) < 4.78 is 11.0. The third kappa shape index (κ3) is 2.27. The molecule has 1 aliphatic heterocycles. The van der Waals surface area contributed by atoms with E-state index in [-0.39, 0.29) is 5.60 Å². The molecule has 4 heteroatoms. The number of nitrogens with zero attached hydrogens (tertiary/aromatic N) is 1. The molecule has 1 aromatic rings. The Kier molecular flexibility index (Phi) is 2.88. The summed E-state index contributed by atoms with van der Waals surface area (Å²) in [6, 6.07) is 3.86. The molecule has 1 aromatic heterocycles. The molecule has 0 aliphatic carbocycles. The summed E-state index contributed by atoms with van der Waals surface area (Å²) in [6.45, 7) is 4.48. The van der Waals surface area contributed by atoms with Gasteiger partial charge in [-0.2, -0.15) is 0 Å². The maximum atomic E-state index is 5.81. The van der Waals surface area contributed by atoms with Crippen LogP contribution in [-0.2, 0) is 11.3 Å². The van der Waals surface area contributed by atoms with Gasteiger partial charge in [0.2, 0.25) is 5.88 Å². The zero-order valence-corrected chi connectivity index (χ0v) is 9.12. The first-order chi connectivity index (χ1) is 7.23. The van der Waals surface area contributed by atoms with Gasteiger partial charge in [-0.3, -0.25) is 0 Å². The first-order valence-electron chi connectivity index (χ1n) is 5.06. The molecule has 1 N–H and O–H groups in total. The quantitative estimate of drug-likeness (QED) is 0.800.